The molecule has 172 valence electrons. The van der Waals surface area contributed by atoms with Crippen molar-refractivity contribution in [1.82, 2.24) is 4.98 Å². The van der Waals surface area contributed by atoms with Gasteiger partial charge in [0.05, 0.1) is 10.6 Å². The van der Waals surface area contributed by atoms with Crippen molar-refractivity contribution in [2.45, 2.75) is 4.90 Å². The summed E-state index contributed by atoms with van der Waals surface area (Å²) in [5.74, 6) is 0.301. The normalized spacial score (nSPS) is 12.4. The van der Waals surface area contributed by atoms with Crippen LogP contribution in [0.5, 0.6) is 11.5 Å². The summed E-state index contributed by atoms with van der Waals surface area (Å²) in [7, 11) is -3.98. The Kier molecular flexibility index (Phi) is 5.64. The largest absolute Gasteiger partial charge is 0.454 e. The van der Waals surface area contributed by atoms with Gasteiger partial charge in [-0.2, -0.15) is 0 Å². The van der Waals surface area contributed by atoms with Crippen LogP contribution in [0, 0.1) is 5.82 Å². The molecule has 2 heterocycles. The Morgan fingerprint density at radius 3 is 2.62 bits per heavy atom. The lowest BCUT2D eigenvalue weighted by Crippen LogP contribution is -2.16. The Balaban J connectivity index is 1.31. The first-order valence-electron chi connectivity index (χ1n) is 9.93. The van der Waals surface area contributed by atoms with Crippen LogP contribution in [0.1, 0.15) is 10.4 Å². The van der Waals surface area contributed by atoms with Crippen molar-refractivity contribution >= 4 is 38.1 Å². The van der Waals surface area contributed by atoms with Crippen LogP contribution in [-0.2, 0) is 10.0 Å². The molecule has 11 heteroatoms. The maximum Gasteiger partial charge on any atom is 0.261 e. The van der Waals surface area contributed by atoms with Crippen molar-refractivity contribution in [2.24, 2.45) is 0 Å². The molecule has 3 aromatic carbocycles. The molecule has 0 unspecified atom stereocenters. The second kappa shape index (κ2) is 8.76. The van der Waals surface area contributed by atoms with Gasteiger partial charge in [-0.25, -0.2) is 17.8 Å². The number of nitrogens with zero attached hydrogens (tertiary/aromatic N) is 1. The van der Waals surface area contributed by atoms with Crippen LogP contribution < -0.4 is 19.5 Å². The summed E-state index contributed by atoms with van der Waals surface area (Å²) in [6, 6.07) is 15.9. The third-order valence-electron chi connectivity index (χ3n) is 4.90. The van der Waals surface area contributed by atoms with Gasteiger partial charge in [-0.3, -0.25) is 14.8 Å². The lowest BCUT2D eigenvalue weighted by Gasteiger charge is -2.09. The first-order chi connectivity index (χ1) is 16.4. The number of rotatable bonds is 6. The first kappa shape index (κ1) is 21.9. The minimum Gasteiger partial charge on any atom is -0.454 e. The molecule has 0 aliphatic carbocycles. The van der Waals surface area contributed by atoms with Gasteiger partial charge < -0.3 is 9.47 Å². The number of nitrogens with one attached hydrogen (secondary N) is 2. The summed E-state index contributed by atoms with van der Waals surface area (Å²) in [6.07, 6.45) is 0. The lowest BCUT2D eigenvalue weighted by molar-refractivity contribution is 0.102. The highest BCUT2D eigenvalue weighted by Gasteiger charge is 2.18. The lowest BCUT2D eigenvalue weighted by atomic mass is 10.1. The number of sulfonamides is 1. The minimum atomic E-state index is -3.98. The summed E-state index contributed by atoms with van der Waals surface area (Å²) >= 11 is 1.24. The van der Waals surface area contributed by atoms with E-state index < -0.39 is 21.7 Å². The van der Waals surface area contributed by atoms with Crippen LogP contribution in [0.15, 0.2) is 77.0 Å². The predicted molar refractivity (Wildman–Crippen MR) is 125 cm³/mol. The first-order valence-corrected chi connectivity index (χ1v) is 12.3. The number of hydrogen-bond donors (Lipinski definition) is 2. The molecule has 0 saturated carbocycles. The molecule has 34 heavy (non-hydrogen) atoms. The molecule has 1 amide bonds. The van der Waals surface area contributed by atoms with Crippen LogP contribution in [-0.4, -0.2) is 26.1 Å². The Labute approximate surface area is 198 Å². The van der Waals surface area contributed by atoms with Crippen molar-refractivity contribution < 1.29 is 27.1 Å². The van der Waals surface area contributed by atoms with Gasteiger partial charge in [0.1, 0.15) is 5.82 Å². The number of amides is 1. The molecule has 2 N–H and O–H groups in total. The van der Waals surface area contributed by atoms with E-state index in [2.05, 4.69) is 15.0 Å². The number of thiazole rings is 1. The second-order valence-electron chi connectivity index (χ2n) is 7.20. The number of halogens is 1. The van der Waals surface area contributed by atoms with Crippen molar-refractivity contribution in [3.63, 3.8) is 0 Å². The van der Waals surface area contributed by atoms with E-state index in [-0.39, 0.29) is 22.9 Å². The molecule has 1 aliphatic heterocycles. The zero-order valence-electron chi connectivity index (χ0n) is 17.3. The fourth-order valence-corrected chi connectivity index (χ4v) is 5.04. The molecule has 1 aliphatic rings. The van der Waals surface area contributed by atoms with E-state index in [1.54, 1.807) is 11.4 Å². The summed E-state index contributed by atoms with van der Waals surface area (Å²) in [4.78, 5) is 17.1. The molecule has 1 aromatic heterocycles. The molecular weight excluding hydrogens is 481 g/mol. The monoisotopic (exact) mass is 497 g/mol. The van der Waals surface area contributed by atoms with Crippen LogP contribution in [0.25, 0.3) is 11.3 Å². The fourth-order valence-electron chi connectivity index (χ4n) is 3.23. The summed E-state index contributed by atoms with van der Waals surface area (Å²) in [6.45, 7) is 0.172. The second-order valence-corrected chi connectivity index (χ2v) is 9.74. The minimum absolute atomic E-state index is 0.107. The molecule has 5 rings (SSSR count). The maximum atomic E-state index is 13.1. The zero-order chi connectivity index (χ0) is 23.7. The standard InChI is InChI=1S/C23H16FN3O5S2/c24-16-5-7-17(8-6-16)27-34(29,30)18-3-1-2-15(10-18)22(28)26-23-25-19(12-33-23)14-4-9-20-21(11-14)32-13-31-20/h1-12,27H,13H2,(H,25,26,28). The Morgan fingerprint density at radius 2 is 1.79 bits per heavy atom. The van der Waals surface area contributed by atoms with E-state index >= 15 is 0 Å². The number of fused-ring (bicyclic) bond motifs is 1. The highest BCUT2D eigenvalue weighted by atomic mass is 32.2. The number of carbonyl (C=O) groups is 1. The highest BCUT2D eigenvalue weighted by molar-refractivity contribution is 7.92. The Bertz CT molecular complexity index is 1490. The van der Waals surface area contributed by atoms with E-state index in [1.807, 2.05) is 12.1 Å². The van der Waals surface area contributed by atoms with Crippen molar-refractivity contribution in [1.29, 1.82) is 0 Å². The highest BCUT2D eigenvalue weighted by Crippen LogP contribution is 2.36. The van der Waals surface area contributed by atoms with Crippen LogP contribution >= 0.6 is 11.3 Å². The molecule has 0 atom stereocenters. The van der Waals surface area contributed by atoms with Gasteiger partial charge in [0.15, 0.2) is 16.6 Å². The number of ether oxygens (including phenoxy) is 2. The van der Waals surface area contributed by atoms with Gasteiger partial charge in [0, 0.05) is 22.2 Å². The van der Waals surface area contributed by atoms with Crippen molar-refractivity contribution in [3.05, 3.63) is 83.5 Å². The molecule has 0 bridgehead atoms. The van der Waals surface area contributed by atoms with E-state index in [0.717, 1.165) is 17.7 Å². The quantitative estimate of drug-likeness (QED) is 0.399. The number of hydrogen-bond acceptors (Lipinski definition) is 7. The van der Waals surface area contributed by atoms with E-state index in [4.69, 9.17) is 9.47 Å². The molecular formula is C23H16FN3O5S2. The third-order valence-corrected chi connectivity index (χ3v) is 7.03. The van der Waals surface area contributed by atoms with Gasteiger partial charge >= 0.3 is 0 Å². The number of anilines is 2. The van der Waals surface area contributed by atoms with Gasteiger partial charge in [0.2, 0.25) is 6.79 Å². The fraction of sp³-hybridized carbons (Fsp3) is 0.0435. The number of carbonyl (C=O) groups excluding carboxylic acids is 1. The SMILES string of the molecule is O=C(Nc1nc(-c2ccc3c(c2)OCO3)cs1)c1cccc(S(=O)(=O)Nc2ccc(F)cc2)c1. The molecule has 8 nitrogen and oxygen atoms in total. The average molecular weight is 498 g/mol. The van der Waals surface area contributed by atoms with Crippen LogP contribution in [0.4, 0.5) is 15.2 Å². The van der Waals surface area contributed by atoms with E-state index in [1.165, 1.54) is 47.7 Å². The Hall–Kier alpha value is -3.96. The van der Waals surface area contributed by atoms with E-state index in [0.29, 0.717) is 22.3 Å². The van der Waals surface area contributed by atoms with Crippen molar-refractivity contribution in [3.8, 4) is 22.8 Å². The van der Waals surface area contributed by atoms with Gasteiger partial charge in [0.25, 0.3) is 15.9 Å². The third kappa shape index (κ3) is 4.56. The average Bonchev–Trinajstić information content (AvgIpc) is 3.49. The number of benzene rings is 3. The van der Waals surface area contributed by atoms with Gasteiger partial charge in [-0.15, -0.1) is 11.3 Å². The molecule has 0 fully saturated rings. The summed E-state index contributed by atoms with van der Waals surface area (Å²) in [5, 5.41) is 4.84. The molecule has 4 aromatic rings. The Morgan fingerprint density at radius 1 is 1.00 bits per heavy atom. The van der Waals surface area contributed by atoms with Gasteiger partial charge in [-0.1, -0.05) is 6.07 Å². The zero-order valence-corrected chi connectivity index (χ0v) is 19.0. The topological polar surface area (TPSA) is 107 Å². The molecule has 0 spiro atoms. The van der Waals surface area contributed by atoms with Gasteiger partial charge in [-0.05, 0) is 60.7 Å². The van der Waals surface area contributed by atoms with Crippen molar-refractivity contribution in [2.75, 3.05) is 16.8 Å². The van der Waals surface area contributed by atoms with E-state index in [9.17, 15) is 17.6 Å². The molecule has 0 saturated heterocycles. The summed E-state index contributed by atoms with van der Waals surface area (Å²) < 4.78 is 51.5. The smallest absolute Gasteiger partial charge is 0.261 e. The predicted octanol–water partition coefficient (Wildman–Crippen LogP) is 4.73. The summed E-state index contributed by atoms with van der Waals surface area (Å²) in [5.41, 5.74) is 1.80. The maximum absolute atomic E-state index is 13.1. The number of aromatic nitrogens is 1. The van der Waals surface area contributed by atoms with Crippen LogP contribution in [0.2, 0.25) is 0 Å². The molecule has 0 radical (unpaired) electrons. The van der Waals surface area contributed by atoms with Crippen LogP contribution in [0.3, 0.4) is 0 Å².